The van der Waals surface area contributed by atoms with Gasteiger partial charge in [0, 0.05) is 36.1 Å². The van der Waals surface area contributed by atoms with Crippen LogP contribution in [0.25, 0.3) is 0 Å². The van der Waals surface area contributed by atoms with Gasteiger partial charge in [-0.25, -0.2) is 0 Å². The van der Waals surface area contributed by atoms with E-state index in [0.717, 1.165) is 49.4 Å². The van der Waals surface area contributed by atoms with E-state index in [0.29, 0.717) is 0 Å². The first kappa shape index (κ1) is 15.8. The first-order valence-electron chi connectivity index (χ1n) is 7.61. The van der Waals surface area contributed by atoms with Crippen molar-refractivity contribution in [1.29, 1.82) is 0 Å². The molecule has 0 amide bonds. The summed E-state index contributed by atoms with van der Waals surface area (Å²) < 4.78 is 6.90. The number of fused-ring (bicyclic) bond motifs is 1. The fourth-order valence-corrected chi connectivity index (χ4v) is 3.23. The Morgan fingerprint density at radius 1 is 1.30 bits per heavy atom. The Labute approximate surface area is 130 Å². The molecule has 1 aliphatic heterocycles. The molecule has 0 radical (unpaired) electrons. The van der Waals surface area contributed by atoms with Gasteiger partial charge in [-0.15, -0.1) is 0 Å². The van der Waals surface area contributed by atoms with E-state index in [-0.39, 0.29) is 0 Å². The molecule has 0 atom stereocenters. The van der Waals surface area contributed by atoms with Crippen molar-refractivity contribution in [3.05, 3.63) is 27.7 Å². The van der Waals surface area contributed by atoms with E-state index >= 15 is 0 Å². The van der Waals surface area contributed by atoms with E-state index in [4.69, 9.17) is 4.74 Å². The van der Waals surface area contributed by atoms with E-state index < -0.39 is 0 Å². The minimum atomic E-state index is 0.818. The molecule has 1 heterocycles. The predicted octanol–water partition coefficient (Wildman–Crippen LogP) is 3.21. The molecule has 0 saturated carbocycles. The highest BCUT2D eigenvalue weighted by molar-refractivity contribution is 9.10. The maximum Gasteiger partial charge on any atom is 0.127 e. The van der Waals surface area contributed by atoms with Crippen molar-refractivity contribution < 1.29 is 4.74 Å². The van der Waals surface area contributed by atoms with Crippen molar-refractivity contribution in [1.82, 2.24) is 10.2 Å². The number of nitrogens with zero attached hydrogens (tertiary/aromatic N) is 1. The van der Waals surface area contributed by atoms with E-state index in [1.165, 1.54) is 24.1 Å². The van der Waals surface area contributed by atoms with Crippen molar-refractivity contribution in [2.24, 2.45) is 0 Å². The van der Waals surface area contributed by atoms with Crippen LogP contribution in [0, 0.1) is 0 Å². The third-order valence-electron chi connectivity index (χ3n) is 3.73. The summed E-state index contributed by atoms with van der Waals surface area (Å²) >= 11 is 3.59. The molecule has 1 aromatic rings. The van der Waals surface area contributed by atoms with Gasteiger partial charge in [-0.1, -0.05) is 29.8 Å². The molecule has 1 aliphatic rings. The number of rotatable bonds is 8. The smallest absolute Gasteiger partial charge is 0.127 e. The number of hydrogen-bond acceptors (Lipinski definition) is 3. The summed E-state index contributed by atoms with van der Waals surface area (Å²) in [7, 11) is 0. The van der Waals surface area contributed by atoms with Crippen LogP contribution in [-0.2, 0) is 13.0 Å². The molecule has 1 N–H and O–H groups in total. The molecular formula is C16H25BrN2O. The van der Waals surface area contributed by atoms with Crippen LogP contribution in [0.2, 0.25) is 0 Å². The second kappa shape index (κ2) is 8.01. The largest absolute Gasteiger partial charge is 0.493 e. The Balaban J connectivity index is 1.83. The second-order valence-corrected chi connectivity index (χ2v) is 6.18. The predicted molar refractivity (Wildman–Crippen MR) is 87.5 cm³/mol. The Hall–Kier alpha value is -0.580. The molecule has 0 unspecified atom stereocenters. The van der Waals surface area contributed by atoms with Crippen molar-refractivity contribution in [2.45, 2.75) is 33.2 Å². The summed E-state index contributed by atoms with van der Waals surface area (Å²) in [5.41, 5.74) is 2.60. The van der Waals surface area contributed by atoms with Gasteiger partial charge in [0.25, 0.3) is 0 Å². The Morgan fingerprint density at radius 3 is 2.90 bits per heavy atom. The highest BCUT2D eigenvalue weighted by atomic mass is 79.9. The van der Waals surface area contributed by atoms with Gasteiger partial charge >= 0.3 is 0 Å². The fraction of sp³-hybridized carbons (Fsp3) is 0.625. The standard InChI is InChI=1S/C16H25BrN2O/c1-3-7-19(4-2)8-6-18-12-14-11-15(17)10-13-5-9-20-16(13)14/h10-11,18H,3-9,12H2,1-2H3. The summed E-state index contributed by atoms with van der Waals surface area (Å²) in [5, 5.41) is 3.54. The van der Waals surface area contributed by atoms with Crippen LogP contribution in [0.4, 0.5) is 0 Å². The first-order valence-corrected chi connectivity index (χ1v) is 8.41. The Bertz CT molecular complexity index is 437. The molecule has 0 bridgehead atoms. The zero-order chi connectivity index (χ0) is 14.4. The average Bonchev–Trinajstić information content (AvgIpc) is 2.90. The number of hydrogen-bond donors (Lipinski definition) is 1. The van der Waals surface area contributed by atoms with Gasteiger partial charge in [-0.05, 0) is 37.2 Å². The normalized spacial score (nSPS) is 13.6. The third-order valence-corrected chi connectivity index (χ3v) is 4.19. The summed E-state index contributed by atoms with van der Waals surface area (Å²) in [6.07, 6.45) is 2.25. The number of ether oxygens (including phenoxy) is 1. The SMILES string of the molecule is CCCN(CC)CCNCc1cc(Br)cc2c1OCC2. The molecule has 3 nitrogen and oxygen atoms in total. The lowest BCUT2D eigenvalue weighted by Crippen LogP contribution is -2.32. The molecule has 0 fully saturated rings. The lowest BCUT2D eigenvalue weighted by Gasteiger charge is -2.19. The molecule has 20 heavy (non-hydrogen) atoms. The molecule has 1 aromatic carbocycles. The second-order valence-electron chi connectivity index (χ2n) is 5.26. The van der Waals surface area contributed by atoms with E-state index in [1.54, 1.807) is 0 Å². The molecule has 2 rings (SSSR count). The van der Waals surface area contributed by atoms with Crippen LogP contribution >= 0.6 is 15.9 Å². The quantitative estimate of drug-likeness (QED) is 0.735. The lowest BCUT2D eigenvalue weighted by atomic mass is 10.1. The van der Waals surface area contributed by atoms with Gasteiger partial charge in [0.1, 0.15) is 5.75 Å². The average molecular weight is 341 g/mol. The van der Waals surface area contributed by atoms with Gasteiger partial charge in [0.15, 0.2) is 0 Å². The topological polar surface area (TPSA) is 24.5 Å². The van der Waals surface area contributed by atoms with Crippen LogP contribution in [0.5, 0.6) is 5.75 Å². The van der Waals surface area contributed by atoms with E-state index in [1.807, 2.05) is 0 Å². The van der Waals surface area contributed by atoms with Gasteiger partial charge in [-0.2, -0.15) is 0 Å². The van der Waals surface area contributed by atoms with Crippen molar-refractivity contribution in [2.75, 3.05) is 32.8 Å². The minimum absolute atomic E-state index is 0.818. The van der Waals surface area contributed by atoms with Gasteiger partial charge in [0.05, 0.1) is 6.61 Å². The third kappa shape index (κ3) is 4.21. The van der Waals surface area contributed by atoms with Crippen molar-refractivity contribution in [3.8, 4) is 5.75 Å². The Morgan fingerprint density at radius 2 is 2.15 bits per heavy atom. The Kier molecular flexibility index (Phi) is 6.33. The number of likely N-dealkylation sites (N-methyl/N-ethyl adjacent to an activating group) is 1. The molecule has 0 aromatic heterocycles. The van der Waals surface area contributed by atoms with Crippen molar-refractivity contribution >= 4 is 15.9 Å². The highest BCUT2D eigenvalue weighted by Gasteiger charge is 2.17. The number of benzene rings is 1. The molecule has 112 valence electrons. The van der Waals surface area contributed by atoms with Crippen LogP contribution < -0.4 is 10.1 Å². The first-order chi connectivity index (χ1) is 9.74. The summed E-state index contributed by atoms with van der Waals surface area (Å²) in [4.78, 5) is 2.48. The maximum atomic E-state index is 5.75. The van der Waals surface area contributed by atoms with Crippen molar-refractivity contribution in [3.63, 3.8) is 0 Å². The van der Waals surface area contributed by atoms with Crippen LogP contribution in [0.1, 0.15) is 31.4 Å². The number of halogens is 1. The summed E-state index contributed by atoms with van der Waals surface area (Å²) in [6, 6.07) is 4.34. The molecule has 0 spiro atoms. The molecule has 4 heteroatoms. The van der Waals surface area contributed by atoms with Gasteiger partial charge in [0.2, 0.25) is 0 Å². The van der Waals surface area contributed by atoms with Crippen LogP contribution in [-0.4, -0.2) is 37.7 Å². The molecule has 0 aliphatic carbocycles. The van der Waals surface area contributed by atoms with E-state index in [2.05, 4.69) is 52.1 Å². The van der Waals surface area contributed by atoms with E-state index in [9.17, 15) is 0 Å². The van der Waals surface area contributed by atoms with Crippen LogP contribution in [0.3, 0.4) is 0 Å². The zero-order valence-electron chi connectivity index (χ0n) is 12.5. The number of nitrogens with one attached hydrogen (secondary N) is 1. The van der Waals surface area contributed by atoms with Gasteiger partial charge < -0.3 is 15.0 Å². The minimum Gasteiger partial charge on any atom is -0.493 e. The zero-order valence-corrected chi connectivity index (χ0v) is 14.1. The molecule has 0 saturated heterocycles. The maximum absolute atomic E-state index is 5.75. The monoisotopic (exact) mass is 340 g/mol. The van der Waals surface area contributed by atoms with Gasteiger partial charge in [-0.3, -0.25) is 0 Å². The van der Waals surface area contributed by atoms with Crippen LogP contribution in [0.15, 0.2) is 16.6 Å². The molecular weight excluding hydrogens is 316 g/mol. The highest BCUT2D eigenvalue weighted by Crippen LogP contribution is 2.32. The summed E-state index contributed by atoms with van der Waals surface area (Å²) in [5.74, 6) is 1.10. The lowest BCUT2D eigenvalue weighted by molar-refractivity contribution is 0.287. The summed E-state index contributed by atoms with van der Waals surface area (Å²) in [6.45, 7) is 10.6. The fourth-order valence-electron chi connectivity index (χ4n) is 2.68.